The van der Waals surface area contributed by atoms with Gasteiger partial charge < -0.3 is 14.4 Å². The molecule has 0 aromatic carbocycles. The molecule has 1 N–H and O–H groups in total. The second kappa shape index (κ2) is 5.86. The largest absolute Gasteiger partial charge is 0.477 e. The Bertz CT molecular complexity index is 433. The molecule has 1 aliphatic rings. The summed E-state index contributed by atoms with van der Waals surface area (Å²) < 4.78 is 8.20. The van der Waals surface area contributed by atoms with E-state index in [0.717, 1.165) is 24.1 Å². The molecule has 5 nitrogen and oxygen atoms in total. The van der Waals surface area contributed by atoms with E-state index in [-0.39, 0.29) is 6.10 Å². The van der Waals surface area contributed by atoms with Gasteiger partial charge in [-0.25, -0.2) is 4.79 Å². The Kier molecular flexibility index (Phi) is 4.42. The monoisotopic (exact) mass is 316 g/mol. The van der Waals surface area contributed by atoms with Gasteiger partial charge >= 0.3 is 5.97 Å². The molecule has 100 valence electrons. The minimum Gasteiger partial charge on any atom is -0.477 e. The van der Waals surface area contributed by atoms with Crippen molar-refractivity contribution in [3.05, 3.63) is 22.4 Å². The first-order chi connectivity index (χ1) is 8.60. The zero-order valence-electron chi connectivity index (χ0n) is 10.3. The highest BCUT2D eigenvalue weighted by Gasteiger charge is 2.21. The predicted octanol–water partition coefficient (Wildman–Crippen LogP) is 1.67. The molecule has 1 aromatic rings. The number of halogens is 1. The van der Waals surface area contributed by atoms with Crippen LogP contribution in [0.1, 0.15) is 17.4 Å². The summed E-state index contributed by atoms with van der Waals surface area (Å²) in [6.45, 7) is 6.21. The van der Waals surface area contributed by atoms with Gasteiger partial charge in [0, 0.05) is 23.8 Å². The Morgan fingerprint density at radius 2 is 2.44 bits per heavy atom. The number of likely N-dealkylation sites (N-methyl/N-ethyl adjacent to an activating group) is 1. The fourth-order valence-corrected chi connectivity index (χ4v) is 2.67. The molecule has 1 unspecified atom stereocenters. The summed E-state index contributed by atoms with van der Waals surface area (Å²) in [7, 11) is 0. The van der Waals surface area contributed by atoms with Crippen LogP contribution in [-0.2, 0) is 11.3 Å². The van der Waals surface area contributed by atoms with Crippen LogP contribution in [0, 0.1) is 0 Å². The number of carbonyl (C=O) groups is 1. The van der Waals surface area contributed by atoms with Gasteiger partial charge in [0.15, 0.2) is 0 Å². The van der Waals surface area contributed by atoms with Gasteiger partial charge in [-0.15, -0.1) is 0 Å². The van der Waals surface area contributed by atoms with Gasteiger partial charge in [-0.05, 0) is 28.5 Å². The molecule has 1 aliphatic heterocycles. The van der Waals surface area contributed by atoms with Crippen molar-refractivity contribution in [3.8, 4) is 0 Å². The smallest absolute Gasteiger partial charge is 0.352 e. The Morgan fingerprint density at radius 1 is 1.67 bits per heavy atom. The van der Waals surface area contributed by atoms with E-state index in [2.05, 4.69) is 27.8 Å². The van der Waals surface area contributed by atoms with Gasteiger partial charge in [0.05, 0.1) is 19.3 Å². The van der Waals surface area contributed by atoms with E-state index in [4.69, 9.17) is 9.84 Å². The summed E-state index contributed by atoms with van der Waals surface area (Å²) in [5, 5.41) is 9.11. The van der Waals surface area contributed by atoms with Gasteiger partial charge in [-0.3, -0.25) is 4.90 Å². The lowest BCUT2D eigenvalue weighted by atomic mass is 10.2. The molecule has 1 atom stereocenters. The molecular formula is C12H17BrN2O3. The molecule has 1 aromatic heterocycles. The molecule has 1 fully saturated rings. The zero-order valence-corrected chi connectivity index (χ0v) is 11.9. The standard InChI is InChI=1S/C12H17BrN2O3/c1-2-14-3-4-18-10(7-14)8-15-6-9(13)5-11(15)12(16)17/h5-6,10H,2-4,7-8H2,1H3,(H,16,17). The van der Waals surface area contributed by atoms with Crippen molar-refractivity contribution in [2.75, 3.05) is 26.2 Å². The van der Waals surface area contributed by atoms with Crippen LogP contribution in [0.4, 0.5) is 0 Å². The summed E-state index contributed by atoms with van der Waals surface area (Å²) in [6, 6.07) is 1.61. The van der Waals surface area contributed by atoms with Crippen LogP contribution in [-0.4, -0.2) is 52.9 Å². The van der Waals surface area contributed by atoms with Crippen LogP contribution in [0.25, 0.3) is 0 Å². The molecule has 0 aliphatic carbocycles. The summed E-state index contributed by atoms with van der Waals surface area (Å²) >= 11 is 3.31. The number of carboxylic acids is 1. The minimum atomic E-state index is -0.913. The molecule has 0 radical (unpaired) electrons. The maximum Gasteiger partial charge on any atom is 0.352 e. The Labute approximate surface area is 114 Å². The Hall–Kier alpha value is -0.850. The van der Waals surface area contributed by atoms with Crippen LogP contribution in [0.15, 0.2) is 16.7 Å². The zero-order chi connectivity index (χ0) is 13.1. The van der Waals surface area contributed by atoms with E-state index in [1.165, 1.54) is 0 Å². The summed E-state index contributed by atoms with van der Waals surface area (Å²) in [5.41, 5.74) is 0.291. The maximum atomic E-state index is 11.1. The molecule has 2 rings (SSSR count). The number of nitrogens with zero attached hydrogens (tertiary/aromatic N) is 2. The number of morpholine rings is 1. The Morgan fingerprint density at radius 3 is 3.11 bits per heavy atom. The van der Waals surface area contributed by atoms with Crippen molar-refractivity contribution < 1.29 is 14.6 Å². The molecule has 0 saturated carbocycles. The van der Waals surface area contributed by atoms with E-state index in [1.807, 2.05) is 0 Å². The molecule has 0 bridgehead atoms. The third-order valence-electron chi connectivity index (χ3n) is 3.15. The molecule has 1 saturated heterocycles. The van der Waals surface area contributed by atoms with Crippen molar-refractivity contribution in [1.82, 2.24) is 9.47 Å². The fourth-order valence-electron chi connectivity index (χ4n) is 2.20. The number of rotatable bonds is 4. The molecular weight excluding hydrogens is 300 g/mol. The van der Waals surface area contributed by atoms with E-state index < -0.39 is 5.97 Å². The van der Waals surface area contributed by atoms with Gasteiger partial charge in [0.25, 0.3) is 0 Å². The summed E-state index contributed by atoms with van der Waals surface area (Å²) in [4.78, 5) is 13.4. The van der Waals surface area contributed by atoms with Gasteiger partial charge in [-0.2, -0.15) is 0 Å². The highest BCUT2D eigenvalue weighted by atomic mass is 79.9. The number of carboxylic acid groups (broad SMARTS) is 1. The average molecular weight is 317 g/mol. The van der Waals surface area contributed by atoms with E-state index in [1.54, 1.807) is 16.8 Å². The van der Waals surface area contributed by atoms with E-state index >= 15 is 0 Å². The van der Waals surface area contributed by atoms with Crippen molar-refractivity contribution in [2.24, 2.45) is 0 Å². The first-order valence-corrected chi connectivity index (χ1v) is 6.82. The third kappa shape index (κ3) is 3.13. The first-order valence-electron chi connectivity index (χ1n) is 6.03. The van der Waals surface area contributed by atoms with Crippen molar-refractivity contribution in [3.63, 3.8) is 0 Å². The number of aromatic carboxylic acids is 1. The SMILES string of the molecule is CCN1CCOC(Cn2cc(Br)cc2C(=O)O)C1. The molecule has 0 amide bonds. The van der Waals surface area contributed by atoms with E-state index in [9.17, 15) is 4.79 Å². The highest BCUT2D eigenvalue weighted by Crippen LogP contribution is 2.17. The number of aromatic nitrogens is 1. The lowest BCUT2D eigenvalue weighted by Gasteiger charge is -2.32. The normalized spacial score (nSPS) is 21.1. The quantitative estimate of drug-likeness (QED) is 0.918. The number of ether oxygens (including phenoxy) is 1. The maximum absolute atomic E-state index is 11.1. The number of hydrogen-bond acceptors (Lipinski definition) is 3. The molecule has 2 heterocycles. The fraction of sp³-hybridized carbons (Fsp3) is 0.583. The second-order valence-corrected chi connectivity index (χ2v) is 5.30. The lowest BCUT2D eigenvalue weighted by molar-refractivity contribution is -0.0345. The molecule has 0 spiro atoms. The summed E-state index contributed by atoms with van der Waals surface area (Å²) in [5.74, 6) is -0.913. The van der Waals surface area contributed by atoms with Crippen LogP contribution < -0.4 is 0 Å². The average Bonchev–Trinajstić information content (AvgIpc) is 2.70. The van der Waals surface area contributed by atoms with Crippen LogP contribution >= 0.6 is 15.9 Å². The topological polar surface area (TPSA) is 54.7 Å². The predicted molar refractivity (Wildman–Crippen MR) is 70.9 cm³/mol. The highest BCUT2D eigenvalue weighted by molar-refractivity contribution is 9.10. The Balaban J connectivity index is 2.06. The van der Waals surface area contributed by atoms with E-state index in [0.29, 0.717) is 18.8 Å². The van der Waals surface area contributed by atoms with Gasteiger partial charge in [0.2, 0.25) is 0 Å². The second-order valence-electron chi connectivity index (χ2n) is 4.39. The van der Waals surface area contributed by atoms with Crippen LogP contribution in [0.2, 0.25) is 0 Å². The number of hydrogen-bond donors (Lipinski definition) is 1. The minimum absolute atomic E-state index is 0.0519. The van der Waals surface area contributed by atoms with Gasteiger partial charge in [-0.1, -0.05) is 6.92 Å². The van der Waals surface area contributed by atoms with Crippen molar-refractivity contribution in [2.45, 2.75) is 19.6 Å². The summed E-state index contributed by atoms with van der Waals surface area (Å²) in [6.07, 6.45) is 1.84. The van der Waals surface area contributed by atoms with Crippen LogP contribution in [0.3, 0.4) is 0 Å². The molecule has 18 heavy (non-hydrogen) atoms. The lowest BCUT2D eigenvalue weighted by Crippen LogP contribution is -2.44. The first kappa shape index (κ1) is 13.6. The molecule has 6 heteroatoms. The van der Waals surface area contributed by atoms with Gasteiger partial charge in [0.1, 0.15) is 5.69 Å². The third-order valence-corrected chi connectivity index (χ3v) is 3.59. The van der Waals surface area contributed by atoms with Crippen molar-refractivity contribution in [1.29, 1.82) is 0 Å². The van der Waals surface area contributed by atoms with Crippen molar-refractivity contribution >= 4 is 21.9 Å². The van der Waals surface area contributed by atoms with Crippen LogP contribution in [0.5, 0.6) is 0 Å².